The minimum absolute atomic E-state index is 0.787. The average Bonchev–Trinajstić information content (AvgIpc) is 2.04. The van der Waals surface area contributed by atoms with Crippen LogP contribution >= 0.6 is 11.6 Å². The van der Waals surface area contributed by atoms with Crippen molar-refractivity contribution in [3.63, 3.8) is 0 Å². The number of dihydropyridines is 1. The molecule has 0 unspecified atom stereocenters. The predicted molar refractivity (Wildman–Crippen MR) is 51.7 cm³/mol. The number of rotatable bonds is 0. The molecule has 0 spiro atoms. The summed E-state index contributed by atoms with van der Waals surface area (Å²) < 4.78 is 0. The molecule has 0 fully saturated rings. The fraction of sp³-hybridized carbons (Fsp3) is 0.556. The van der Waals surface area contributed by atoms with Crippen LogP contribution in [0, 0.1) is 0 Å². The molecule has 0 aromatic heterocycles. The number of hydrogen-bond acceptors (Lipinski definition) is 1. The van der Waals surface area contributed by atoms with Gasteiger partial charge < -0.3 is 5.32 Å². The van der Waals surface area contributed by atoms with Gasteiger partial charge >= 0.3 is 0 Å². The van der Waals surface area contributed by atoms with Gasteiger partial charge in [0.2, 0.25) is 0 Å². The lowest BCUT2D eigenvalue weighted by Gasteiger charge is -2.13. The number of hydrogen-bond donors (Lipinski definition) is 1. The number of halogens is 1. The van der Waals surface area contributed by atoms with Crippen molar-refractivity contribution in [1.29, 1.82) is 0 Å². The van der Waals surface area contributed by atoms with Crippen molar-refractivity contribution in [2.45, 2.75) is 27.7 Å². The Hall–Kier alpha value is -0.430. The van der Waals surface area contributed by atoms with Crippen LogP contribution in [0.15, 0.2) is 22.4 Å². The monoisotopic (exact) mass is 173 g/mol. The molecular formula is C9H16ClN. The third-order valence-corrected chi connectivity index (χ3v) is 2.00. The van der Waals surface area contributed by atoms with Crippen molar-refractivity contribution < 1.29 is 0 Å². The molecule has 0 atom stereocenters. The van der Waals surface area contributed by atoms with Crippen molar-refractivity contribution in [3.05, 3.63) is 22.4 Å². The summed E-state index contributed by atoms with van der Waals surface area (Å²) >= 11 is 5.79. The lowest BCUT2D eigenvalue weighted by atomic mass is 10.1. The van der Waals surface area contributed by atoms with Gasteiger partial charge in [-0.25, -0.2) is 0 Å². The summed E-state index contributed by atoms with van der Waals surface area (Å²) in [5, 5.41) is 3.82. The third-order valence-electron chi connectivity index (χ3n) is 1.59. The van der Waals surface area contributed by atoms with Crippen LogP contribution in [0.5, 0.6) is 0 Å². The van der Waals surface area contributed by atoms with Crippen LogP contribution in [0.4, 0.5) is 0 Å². The predicted octanol–water partition coefficient (Wildman–Crippen LogP) is 3.03. The molecule has 1 nitrogen and oxygen atoms in total. The first-order valence-corrected chi connectivity index (χ1v) is 4.37. The van der Waals surface area contributed by atoms with Gasteiger partial charge in [-0.2, -0.15) is 0 Å². The molecule has 2 heteroatoms. The Morgan fingerprint density at radius 2 is 1.91 bits per heavy atom. The first kappa shape index (κ1) is 10.6. The van der Waals surface area contributed by atoms with Crippen molar-refractivity contribution in [2.24, 2.45) is 0 Å². The van der Waals surface area contributed by atoms with E-state index in [1.807, 2.05) is 20.8 Å². The Morgan fingerprint density at radius 3 is 2.27 bits per heavy atom. The molecule has 0 saturated carbocycles. The van der Waals surface area contributed by atoms with Gasteiger partial charge in [0.25, 0.3) is 0 Å². The van der Waals surface area contributed by atoms with Gasteiger partial charge in [-0.15, -0.1) is 0 Å². The van der Waals surface area contributed by atoms with Crippen LogP contribution in [-0.4, -0.2) is 6.54 Å². The molecule has 64 valence electrons. The number of allylic oxidation sites excluding steroid dienone is 2. The summed E-state index contributed by atoms with van der Waals surface area (Å²) in [4.78, 5) is 0. The fourth-order valence-corrected chi connectivity index (χ4v) is 0.979. The van der Waals surface area contributed by atoms with Crippen LogP contribution in [-0.2, 0) is 0 Å². The molecule has 0 aromatic rings. The molecule has 1 rings (SSSR count). The molecule has 0 saturated heterocycles. The second kappa shape index (κ2) is 5.25. The highest BCUT2D eigenvalue weighted by Gasteiger charge is 2.04. The molecule has 0 aromatic carbocycles. The lowest BCUT2D eigenvalue weighted by Crippen LogP contribution is -2.15. The van der Waals surface area contributed by atoms with E-state index in [0.717, 1.165) is 17.3 Å². The summed E-state index contributed by atoms with van der Waals surface area (Å²) in [5.74, 6) is 0. The maximum atomic E-state index is 5.79. The molecule has 1 aliphatic rings. The highest BCUT2D eigenvalue weighted by Crippen LogP contribution is 2.17. The largest absolute Gasteiger partial charge is 0.372 e. The Morgan fingerprint density at radius 1 is 1.36 bits per heavy atom. The van der Waals surface area contributed by atoms with E-state index in [1.54, 1.807) is 0 Å². The molecule has 0 amide bonds. The maximum absolute atomic E-state index is 5.79. The van der Waals surface area contributed by atoms with E-state index in [2.05, 4.69) is 18.3 Å². The van der Waals surface area contributed by atoms with E-state index in [4.69, 9.17) is 11.6 Å². The van der Waals surface area contributed by atoms with Crippen LogP contribution in [0.2, 0.25) is 0 Å². The van der Waals surface area contributed by atoms with Gasteiger partial charge in [0.05, 0.1) is 0 Å². The van der Waals surface area contributed by atoms with Crippen molar-refractivity contribution >= 4 is 11.6 Å². The minimum atomic E-state index is 0.787. The highest BCUT2D eigenvalue weighted by atomic mass is 35.5. The molecule has 1 aliphatic heterocycles. The molecular weight excluding hydrogens is 158 g/mol. The molecule has 1 heterocycles. The van der Waals surface area contributed by atoms with Crippen LogP contribution < -0.4 is 5.32 Å². The Labute approximate surface area is 74.1 Å². The number of nitrogens with one attached hydrogen (secondary N) is 1. The maximum Gasteiger partial charge on any atom is 0.105 e. The van der Waals surface area contributed by atoms with Gasteiger partial charge in [-0.1, -0.05) is 31.5 Å². The van der Waals surface area contributed by atoms with Crippen LogP contribution in [0.3, 0.4) is 0 Å². The third kappa shape index (κ3) is 2.98. The standard InChI is InChI=1S/C7H10ClN.C2H6/c1-5-3-4-9-7(8)6(5)2;1-2/h3,9H,4H2,1-2H3;1-2H3. The Balaban J connectivity index is 0.000000461. The molecule has 0 aliphatic carbocycles. The smallest absolute Gasteiger partial charge is 0.105 e. The first-order chi connectivity index (χ1) is 5.22. The van der Waals surface area contributed by atoms with Gasteiger partial charge in [0.15, 0.2) is 0 Å². The van der Waals surface area contributed by atoms with Crippen molar-refractivity contribution in [2.75, 3.05) is 6.54 Å². The van der Waals surface area contributed by atoms with Gasteiger partial charge in [-0.3, -0.25) is 0 Å². The summed E-state index contributed by atoms with van der Waals surface area (Å²) in [6.45, 7) is 8.95. The summed E-state index contributed by atoms with van der Waals surface area (Å²) in [6.07, 6.45) is 2.13. The molecule has 0 bridgehead atoms. The van der Waals surface area contributed by atoms with Crippen molar-refractivity contribution in [1.82, 2.24) is 5.32 Å². The second-order valence-electron chi connectivity index (χ2n) is 2.21. The zero-order chi connectivity index (χ0) is 8.85. The van der Waals surface area contributed by atoms with E-state index < -0.39 is 0 Å². The fourth-order valence-electron chi connectivity index (χ4n) is 0.753. The Kier molecular flexibility index (Phi) is 5.05. The van der Waals surface area contributed by atoms with Crippen LogP contribution in [0.25, 0.3) is 0 Å². The molecule has 11 heavy (non-hydrogen) atoms. The normalized spacial score (nSPS) is 16.3. The Bertz CT molecular complexity index is 180. The SMILES string of the molecule is CC.CC1=CCNC(Cl)=C1C. The molecule has 0 radical (unpaired) electrons. The van der Waals surface area contributed by atoms with Crippen LogP contribution in [0.1, 0.15) is 27.7 Å². The summed E-state index contributed by atoms with van der Waals surface area (Å²) in [5.41, 5.74) is 2.43. The average molecular weight is 174 g/mol. The quantitative estimate of drug-likeness (QED) is 0.556. The topological polar surface area (TPSA) is 12.0 Å². The van der Waals surface area contributed by atoms with Gasteiger partial charge in [0.1, 0.15) is 5.16 Å². The first-order valence-electron chi connectivity index (χ1n) is 3.99. The lowest BCUT2D eigenvalue weighted by molar-refractivity contribution is 0.913. The van der Waals surface area contributed by atoms with E-state index in [-0.39, 0.29) is 0 Å². The molecule has 1 N–H and O–H groups in total. The van der Waals surface area contributed by atoms with E-state index in [9.17, 15) is 0 Å². The zero-order valence-corrected chi connectivity index (χ0v) is 8.42. The summed E-state index contributed by atoms with van der Waals surface area (Å²) in [6, 6.07) is 0. The van der Waals surface area contributed by atoms with E-state index >= 15 is 0 Å². The summed E-state index contributed by atoms with van der Waals surface area (Å²) in [7, 11) is 0. The van der Waals surface area contributed by atoms with Crippen molar-refractivity contribution in [3.8, 4) is 0 Å². The van der Waals surface area contributed by atoms with Gasteiger partial charge in [-0.05, 0) is 25.0 Å². The van der Waals surface area contributed by atoms with E-state index in [1.165, 1.54) is 5.57 Å². The van der Waals surface area contributed by atoms with E-state index in [0.29, 0.717) is 0 Å². The highest BCUT2D eigenvalue weighted by molar-refractivity contribution is 6.29. The zero-order valence-electron chi connectivity index (χ0n) is 7.66. The van der Waals surface area contributed by atoms with Gasteiger partial charge in [0, 0.05) is 6.54 Å². The minimum Gasteiger partial charge on any atom is -0.372 e. The second-order valence-corrected chi connectivity index (χ2v) is 2.58.